The van der Waals surface area contributed by atoms with E-state index in [0.717, 1.165) is 47.5 Å². The SMILES string of the molecule is C/C=C/COc1cc(C)c(OCOCCCCc2ccc(/C=N/OC)cc2)c(C)c1. The zero-order valence-electron chi connectivity index (χ0n) is 18.5. The van der Waals surface area contributed by atoms with E-state index in [9.17, 15) is 0 Å². The second-order valence-corrected chi connectivity index (χ2v) is 7.05. The van der Waals surface area contributed by atoms with Gasteiger partial charge in [-0.3, -0.25) is 0 Å². The zero-order valence-corrected chi connectivity index (χ0v) is 18.5. The minimum Gasteiger partial charge on any atom is -0.490 e. The lowest BCUT2D eigenvalue weighted by Gasteiger charge is -2.14. The Labute approximate surface area is 180 Å². The molecule has 162 valence electrons. The molecule has 0 bridgehead atoms. The third kappa shape index (κ3) is 8.29. The van der Waals surface area contributed by atoms with Crippen molar-refractivity contribution in [1.82, 2.24) is 0 Å². The molecule has 0 aliphatic heterocycles. The van der Waals surface area contributed by atoms with E-state index in [1.54, 1.807) is 13.3 Å². The maximum Gasteiger partial charge on any atom is 0.189 e. The lowest BCUT2D eigenvalue weighted by atomic mass is 10.1. The van der Waals surface area contributed by atoms with Crippen molar-refractivity contribution in [1.29, 1.82) is 0 Å². The van der Waals surface area contributed by atoms with Crippen LogP contribution >= 0.6 is 0 Å². The van der Waals surface area contributed by atoms with Crippen LogP contribution in [0.4, 0.5) is 0 Å². The molecule has 0 spiro atoms. The molecule has 0 amide bonds. The summed E-state index contributed by atoms with van der Waals surface area (Å²) in [5.41, 5.74) is 4.44. The number of hydrogen-bond donors (Lipinski definition) is 0. The van der Waals surface area contributed by atoms with Crippen molar-refractivity contribution >= 4 is 6.21 Å². The number of oxime groups is 1. The second-order valence-electron chi connectivity index (χ2n) is 7.05. The topological polar surface area (TPSA) is 49.3 Å². The van der Waals surface area contributed by atoms with Crippen LogP contribution in [0.5, 0.6) is 11.5 Å². The van der Waals surface area contributed by atoms with Crippen LogP contribution in [0.1, 0.15) is 42.0 Å². The molecule has 2 aromatic carbocycles. The Hall–Kier alpha value is -2.79. The molecule has 0 aliphatic carbocycles. The molecule has 5 nitrogen and oxygen atoms in total. The first-order valence-electron chi connectivity index (χ1n) is 10.3. The summed E-state index contributed by atoms with van der Waals surface area (Å²) in [7, 11) is 1.54. The van der Waals surface area contributed by atoms with E-state index in [1.807, 2.05) is 57.2 Å². The van der Waals surface area contributed by atoms with Gasteiger partial charge in [0.1, 0.15) is 25.2 Å². The van der Waals surface area contributed by atoms with Gasteiger partial charge in [-0.1, -0.05) is 41.6 Å². The van der Waals surface area contributed by atoms with Crippen LogP contribution < -0.4 is 9.47 Å². The van der Waals surface area contributed by atoms with E-state index in [0.29, 0.717) is 13.2 Å². The highest BCUT2D eigenvalue weighted by molar-refractivity contribution is 5.79. The fourth-order valence-corrected chi connectivity index (χ4v) is 3.04. The van der Waals surface area contributed by atoms with Crippen LogP contribution in [-0.2, 0) is 16.0 Å². The smallest absolute Gasteiger partial charge is 0.189 e. The quantitative estimate of drug-likeness (QED) is 0.141. The molecule has 0 unspecified atom stereocenters. The third-order valence-corrected chi connectivity index (χ3v) is 4.59. The van der Waals surface area contributed by atoms with Gasteiger partial charge >= 0.3 is 0 Å². The molecule has 2 aromatic rings. The molecule has 0 heterocycles. The van der Waals surface area contributed by atoms with Crippen molar-refractivity contribution in [2.45, 2.75) is 40.0 Å². The summed E-state index contributed by atoms with van der Waals surface area (Å²) in [5.74, 6) is 1.72. The first-order chi connectivity index (χ1) is 14.6. The standard InChI is InChI=1S/C25H33NO4/c1-5-6-15-29-24-16-20(2)25(21(3)17-24)30-19-28-14-8-7-9-22-10-12-23(13-11-22)18-26-27-4/h5-6,10-13,16-18H,7-9,14-15,19H2,1-4H3/b6-5+,26-18+. The number of allylic oxidation sites excluding steroid dienone is 1. The van der Waals surface area contributed by atoms with E-state index < -0.39 is 0 Å². The van der Waals surface area contributed by atoms with Crippen molar-refractivity contribution < 1.29 is 19.0 Å². The molecular weight excluding hydrogens is 378 g/mol. The normalized spacial score (nSPS) is 11.3. The summed E-state index contributed by atoms with van der Waals surface area (Å²) >= 11 is 0. The van der Waals surface area contributed by atoms with E-state index in [-0.39, 0.29) is 6.79 Å². The van der Waals surface area contributed by atoms with Crippen LogP contribution in [-0.4, -0.2) is 33.3 Å². The van der Waals surface area contributed by atoms with Gasteiger partial charge in [-0.25, -0.2) is 0 Å². The fraction of sp³-hybridized carbons (Fsp3) is 0.400. The van der Waals surface area contributed by atoms with Crippen molar-refractivity contribution in [3.05, 3.63) is 70.8 Å². The fourth-order valence-electron chi connectivity index (χ4n) is 3.04. The Morgan fingerprint density at radius 3 is 2.37 bits per heavy atom. The average molecular weight is 412 g/mol. The van der Waals surface area contributed by atoms with E-state index >= 15 is 0 Å². The van der Waals surface area contributed by atoms with Crippen molar-refractivity contribution in [2.24, 2.45) is 5.16 Å². The summed E-state index contributed by atoms with van der Waals surface area (Å²) in [6.45, 7) is 7.54. The lowest BCUT2D eigenvalue weighted by Crippen LogP contribution is -2.06. The maximum atomic E-state index is 5.84. The van der Waals surface area contributed by atoms with E-state index in [2.05, 4.69) is 22.1 Å². The van der Waals surface area contributed by atoms with Crippen LogP contribution in [0, 0.1) is 13.8 Å². The number of rotatable bonds is 13. The summed E-state index contributed by atoms with van der Waals surface area (Å²) in [6, 6.07) is 12.3. The van der Waals surface area contributed by atoms with Crippen LogP contribution in [0.25, 0.3) is 0 Å². The molecule has 0 N–H and O–H groups in total. The first kappa shape index (κ1) is 23.5. The number of benzene rings is 2. The maximum absolute atomic E-state index is 5.84. The molecule has 5 heteroatoms. The number of aryl methyl sites for hydroxylation is 3. The molecular formula is C25H33NO4. The Kier molecular flexibility index (Phi) is 10.5. The minimum absolute atomic E-state index is 0.258. The Balaban J connectivity index is 1.65. The molecule has 0 atom stereocenters. The Morgan fingerprint density at radius 2 is 1.70 bits per heavy atom. The van der Waals surface area contributed by atoms with Gasteiger partial charge < -0.3 is 19.0 Å². The summed E-state index contributed by atoms with van der Waals surface area (Å²) in [4.78, 5) is 4.69. The molecule has 0 aliphatic rings. The number of hydrogen-bond acceptors (Lipinski definition) is 5. The molecule has 0 fully saturated rings. The summed E-state index contributed by atoms with van der Waals surface area (Å²) in [6.07, 6.45) is 8.75. The van der Waals surface area contributed by atoms with Crippen molar-refractivity contribution in [2.75, 3.05) is 27.1 Å². The van der Waals surface area contributed by atoms with E-state index in [4.69, 9.17) is 14.2 Å². The summed E-state index contributed by atoms with van der Waals surface area (Å²) < 4.78 is 17.2. The lowest BCUT2D eigenvalue weighted by molar-refractivity contribution is 0.0129. The monoisotopic (exact) mass is 411 g/mol. The van der Waals surface area contributed by atoms with Crippen LogP contribution in [0.2, 0.25) is 0 Å². The van der Waals surface area contributed by atoms with Crippen molar-refractivity contribution in [3.8, 4) is 11.5 Å². The first-order valence-corrected chi connectivity index (χ1v) is 10.3. The van der Waals surface area contributed by atoms with E-state index in [1.165, 1.54) is 5.56 Å². The molecule has 0 radical (unpaired) electrons. The highest BCUT2D eigenvalue weighted by atomic mass is 16.7. The van der Waals surface area contributed by atoms with Gasteiger partial charge in [0.2, 0.25) is 0 Å². The summed E-state index contributed by atoms with van der Waals surface area (Å²) in [5, 5.41) is 3.77. The molecule has 0 saturated carbocycles. The predicted octanol–water partition coefficient (Wildman–Crippen LogP) is 5.61. The Morgan fingerprint density at radius 1 is 0.967 bits per heavy atom. The zero-order chi connectivity index (χ0) is 21.6. The van der Waals surface area contributed by atoms with Crippen LogP contribution in [0.15, 0.2) is 53.7 Å². The Bertz CT molecular complexity index is 789. The highest BCUT2D eigenvalue weighted by Gasteiger charge is 2.07. The van der Waals surface area contributed by atoms with Gasteiger partial charge in [0.25, 0.3) is 0 Å². The second kappa shape index (κ2) is 13.4. The van der Waals surface area contributed by atoms with Crippen LogP contribution in [0.3, 0.4) is 0 Å². The molecule has 2 rings (SSSR count). The molecule has 30 heavy (non-hydrogen) atoms. The van der Waals surface area contributed by atoms with Gasteiger partial charge in [0.05, 0.1) is 12.8 Å². The van der Waals surface area contributed by atoms with Gasteiger partial charge in [0.15, 0.2) is 6.79 Å². The molecule has 0 aromatic heterocycles. The number of unbranched alkanes of at least 4 members (excludes halogenated alkanes) is 1. The van der Waals surface area contributed by atoms with Gasteiger partial charge in [-0.2, -0.15) is 0 Å². The average Bonchev–Trinajstić information content (AvgIpc) is 2.74. The largest absolute Gasteiger partial charge is 0.490 e. The highest BCUT2D eigenvalue weighted by Crippen LogP contribution is 2.28. The number of ether oxygens (including phenoxy) is 3. The van der Waals surface area contributed by atoms with Gasteiger partial charge in [0, 0.05) is 0 Å². The predicted molar refractivity (Wildman–Crippen MR) is 122 cm³/mol. The van der Waals surface area contributed by atoms with Gasteiger partial charge in [-0.15, -0.1) is 0 Å². The third-order valence-electron chi connectivity index (χ3n) is 4.59. The minimum atomic E-state index is 0.258. The molecule has 0 saturated heterocycles. The van der Waals surface area contributed by atoms with Gasteiger partial charge in [-0.05, 0) is 74.4 Å². The van der Waals surface area contributed by atoms with Crippen molar-refractivity contribution in [3.63, 3.8) is 0 Å². The number of nitrogens with zero attached hydrogens (tertiary/aromatic N) is 1.